The molecule has 0 aliphatic heterocycles. The lowest BCUT2D eigenvalue weighted by molar-refractivity contribution is -0.239. The summed E-state index contributed by atoms with van der Waals surface area (Å²) in [6.45, 7) is 4.19. The third kappa shape index (κ3) is 12.3. The SMILES string of the molecule is CCCCCCCCCC(CC(CCCCC)C(=O)OO)S(=O)(=O)O. The predicted octanol–water partition coefficient (Wildman–Crippen LogP) is 4.99. The van der Waals surface area contributed by atoms with E-state index in [2.05, 4.69) is 11.8 Å². The monoisotopic (exact) mass is 380 g/mol. The van der Waals surface area contributed by atoms with Crippen LogP contribution < -0.4 is 0 Å². The van der Waals surface area contributed by atoms with Crippen LogP contribution in [-0.2, 0) is 19.8 Å². The van der Waals surface area contributed by atoms with Crippen molar-refractivity contribution in [3.05, 3.63) is 0 Å². The van der Waals surface area contributed by atoms with E-state index in [4.69, 9.17) is 5.26 Å². The van der Waals surface area contributed by atoms with Gasteiger partial charge in [-0.2, -0.15) is 13.7 Å². The molecule has 0 saturated heterocycles. The minimum absolute atomic E-state index is 0.00221. The Morgan fingerprint density at radius 1 is 0.880 bits per heavy atom. The van der Waals surface area contributed by atoms with Crippen LogP contribution in [0.5, 0.6) is 0 Å². The molecule has 150 valence electrons. The van der Waals surface area contributed by atoms with Gasteiger partial charge in [0.15, 0.2) is 0 Å². The Balaban J connectivity index is 4.49. The highest BCUT2D eigenvalue weighted by molar-refractivity contribution is 7.86. The van der Waals surface area contributed by atoms with Crippen molar-refractivity contribution < 1.29 is 27.9 Å². The van der Waals surface area contributed by atoms with Gasteiger partial charge < -0.3 is 4.89 Å². The van der Waals surface area contributed by atoms with E-state index >= 15 is 0 Å². The van der Waals surface area contributed by atoms with E-state index in [0.29, 0.717) is 19.3 Å². The van der Waals surface area contributed by atoms with Crippen molar-refractivity contribution in [1.82, 2.24) is 0 Å². The standard InChI is InChI=1S/C18H36O6S/c1-3-5-7-8-9-10-12-14-17(25(21,22)23)15-16(18(19)24-20)13-11-6-4-2/h16-17,20H,3-15H2,1-2H3,(H,21,22,23). The number of unbranched alkanes of at least 4 members (excludes halogenated alkanes) is 8. The van der Waals surface area contributed by atoms with Gasteiger partial charge in [-0.05, 0) is 19.3 Å². The number of carbonyl (C=O) groups excluding carboxylic acids is 1. The third-order valence-electron chi connectivity index (χ3n) is 4.68. The Morgan fingerprint density at radius 3 is 1.88 bits per heavy atom. The number of carbonyl (C=O) groups is 1. The largest absolute Gasteiger partial charge is 0.345 e. The minimum Gasteiger partial charge on any atom is -0.301 e. The zero-order chi connectivity index (χ0) is 19.1. The summed E-state index contributed by atoms with van der Waals surface area (Å²) in [6.07, 6.45) is 10.8. The van der Waals surface area contributed by atoms with Crippen LogP contribution in [-0.4, -0.2) is 29.4 Å². The molecule has 0 rings (SSSR count). The quantitative estimate of drug-likeness (QED) is 0.169. The van der Waals surface area contributed by atoms with Gasteiger partial charge in [-0.15, -0.1) is 0 Å². The summed E-state index contributed by atoms with van der Waals surface area (Å²) in [7, 11) is -4.22. The summed E-state index contributed by atoms with van der Waals surface area (Å²) >= 11 is 0. The molecule has 0 fully saturated rings. The molecule has 0 bridgehead atoms. The highest BCUT2D eigenvalue weighted by Crippen LogP contribution is 2.24. The average Bonchev–Trinajstić information content (AvgIpc) is 2.56. The highest BCUT2D eigenvalue weighted by atomic mass is 32.2. The van der Waals surface area contributed by atoms with Gasteiger partial charge in [-0.25, -0.2) is 4.79 Å². The van der Waals surface area contributed by atoms with E-state index in [1.54, 1.807) is 0 Å². The first kappa shape index (κ1) is 24.3. The van der Waals surface area contributed by atoms with Gasteiger partial charge in [0, 0.05) is 0 Å². The van der Waals surface area contributed by atoms with Crippen LogP contribution in [0.15, 0.2) is 0 Å². The fourth-order valence-electron chi connectivity index (χ4n) is 3.08. The van der Waals surface area contributed by atoms with Gasteiger partial charge in [0.05, 0.1) is 11.2 Å². The molecule has 0 amide bonds. The molecule has 2 unspecified atom stereocenters. The molecule has 25 heavy (non-hydrogen) atoms. The molecule has 0 saturated carbocycles. The summed E-state index contributed by atoms with van der Waals surface area (Å²) in [4.78, 5) is 15.5. The van der Waals surface area contributed by atoms with Gasteiger partial charge in [-0.1, -0.05) is 78.1 Å². The molecular formula is C18H36O6S. The van der Waals surface area contributed by atoms with Crippen LogP contribution in [0, 0.1) is 5.92 Å². The maximum atomic E-state index is 11.7. The van der Waals surface area contributed by atoms with Crippen molar-refractivity contribution >= 4 is 16.1 Å². The Kier molecular flexibility index (Phi) is 14.1. The number of hydrogen-bond acceptors (Lipinski definition) is 5. The van der Waals surface area contributed by atoms with Crippen molar-refractivity contribution in [2.45, 2.75) is 103 Å². The summed E-state index contributed by atoms with van der Waals surface area (Å²) < 4.78 is 32.8. The molecule has 0 spiro atoms. The van der Waals surface area contributed by atoms with E-state index in [9.17, 15) is 17.8 Å². The third-order valence-corrected chi connectivity index (χ3v) is 5.95. The molecule has 7 heteroatoms. The lowest BCUT2D eigenvalue weighted by Gasteiger charge is -2.19. The Hall–Kier alpha value is -0.660. The second-order valence-electron chi connectivity index (χ2n) is 6.89. The zero-order valence-electron chi connectivity index (χ0n) is 15.8. The molecular weight excluding hydrogens is 344 g/mol. The summed E-state index contributed by atoms with van der Waals surface area (Å²) in [5.41, 5.74) is 0. The normalized spacial score (nSPS) is 14.2. The van der Waals surface area contributed by atoms with Crippen LogP contribution in [0.1, 0.15) is 97.3 Å². The minimum atomic E-state index is -4.22. The number of rotatable bonds is 16. The fourth-order valence-corrected chi connectivity index (χ4v) is 4.02. The molecule has 0 aromatic rings. The van der Waals surface area contributed by atoms with E-state index < -0.39 is 27.3 Å². The first-order valence-electron chi connectivity index (χ1n) is 9.68. The molecule has 0 aliphatic carbocycles. The summed E-state index contributed by atoms with van der Waals surface area (Å²) in [5.74, 6) is -1.52. The van der Waals surface area contributed by atoms with Gasteiger partial charge in [-0.3, -0.25) is 4.55 Å². The van der Waals surface area contributed by atoms with Gasteiger partial charge in [0.25, 0.3) is 10.1 Å². The van der Waals surface area contributed by atoms with E-state index in [-0.39, 0.29) is 6.42 Å². The van der Waals surface area contributed by atoms with Gasteiger partial charge in [0.1, 0.15) is 0 Å². The molecule has 6 nitrogen and oxygen atoms in total. The zero-order valence-corrected chi connectivity index (χ0v) is 16.6. The lowest BCUT2D eigenvalue weighted by Crippen LogP contribution is -2.28. The first-order valence-corrected chi connectivity index (χ1v) is 11.2. The maximum Gasteiger partial charge on any atom is 0.345 e. The first-order chi connectivity index (χ1) is 11.9. The molecule has 0 aromatic carbocycles. The Morgan fingerprint density at radius 2 is 1.36 bits per heavy atom. The maximum absolute atomic E-state index is 11.7. The molecule has 0 aliphatic rings. The van der Waals surface area contributed by atoms with E-state index in [0.717, 1.165) is 38.5 Å². The predicted molar refractivity (Wildman–Crippen MR) is 98.9 cm³/mol. The van der Waals surface area contributed by atoms with Crippen LogP contribution in [0.2, 0.25) is 0 Å². The van der Waals surface area contributed by atoms with Crippen LogP contribution in [0.3, 0.4) is 0 Å². The Bertz CT molecular complexity index is 435. The molecule has 0 radical (unpaired) electrons. The van der Waals surface area contributed by atoms with Crippen molar-refractivity contribution in [2.75, 3.05) is 0 Å². The molecule has 0 heterocycles. The van der Waals surface area contributed by atoms with Crippen molar-refractivity contribution in [2.24, 2.45) is 5.92 Å². The van der Waals surface area contributed by atoms with Gasteiger partial charge in [0.2, 0.25) is 0 Å². The molecule has 2 atom stereocenters. The van der Waals surface area contributed by atoms with Crippen LogP contribution >= 0.6 is 0 Å². The highest BCUT2D eigenvalue weighted by Gasteiger charge is 2.30. The second kappa shape index (κ2) is 14.5. The summed E-state index contributed by atoms with van der Waals surface area (Å²) in [5, 5.41) is 7.65. The fraction of sp³-hybridized carbons (Fsp3) is 0.944. The van der Waals surface area contributed by atoms with E-state index in [1.165, 1.54) is 19.3 Å². The van der Waals surface area contributed by atoms with Crippen molar-refractivity contribution in [1.29, 1.82) is 0 Å². The summed E-state index contributed by atoms with van der Waals surface area (Å²) in [6, 6.07) is 0. The topological polar surface area (TPSA) is 101 Å². The van der Waals surface area contributed by atoms with Crippen LogP contribution in [0.25, 0.3) is 0 Å². The molecule has 2 N–H and O–H groups in total. The van der Waals surface area contributed by atoms with Crippen LogP contribution in [0.4, 0.5) is 0 Å². The van der Waals surface area contributed by atoms with Crippen molar-refractivity contribution in [3.8, 4) is 0 Å². The second-order valence-corrected chi connectivity index (χ2v) is 8.58. The molecule has 0 aromatic heterocycles. The number of hydrogen-bond donors (Lipinski definition) is 2. The smallest absolute Gasteiger partial charge is 0.301 e. The van der Waals surface area contributed by atoms with E-state index in [1.807, 2.05) is 6.92 Å². The average molecular weight is 381 g/mol. The Labute approximate surface area is 153 Å². The van der Waals surface area contributed by atoms with Crippen molar-refractivity contribution in [3.63, 3.8) is 0 Å². The lowest BCUT2D eigenvalue weighted by atomic mass is 9.94. The van der Waals surface area contributed by atoms with Gasteiger partial charge >= 0.3 is 5.97 Å².